The highest BCUT2D eigenvalue weighted by atomic mass is 16.2. The largest absolute Gasteiger partial charge is 0.283 e. The normalized spacial score (nSPS) is 18.1. The zero-order valence-electron chi connectivity index (χ0n) is 15.8. The lowest BCUT2D eigenvalue weighted by Gasteiger charge is -2.34. The molecule has 4 rings (SSSR count). The highest BCUT2D eigenvalue weighted by Gasteiger charge is 2.35. The zero-order valence-corrected chi connectivity index (χ0v) is 15.8. The summed E-state index contributed by atoms with van der Waals surface area (Å²) >= 11 is 0. The minimum atomic E-state index is -0.213. The monoisotopic (exact) mass is 373 g/mol. The molecule has 142 valence electrons. The third-order valence-corrected chi connectivity index (χ3v) is 5.76. The van der Waals surface area contributed by atoms with Crippen molar-refractivity contribution in [2.45, 2.75) is 31.7 Å². The van der Waals surface area contributed by atoms with E-state index in [2.05, 4.69) is 35.2 Å². The molecule has 2 aliphatic rings. The second-order valence-electron chi connectivity index (χ2n) is 7.40. The van der Waals surface area contributed by atoms with Crippen LogP contribution in [0.25, 0.3) is 0 Å². The highest BCUT2D eigenvalue weighted by Crippen LogP contribution is 2.34. The molecule has 0 fully saturated rings. The van der Waals surface area contributed by atoms with Crippen LogP contribution < -0.4 is 0 Å². The summed E-state index contributed by atoms with van der Waals surface area (Å²) < 4.78 is 0. The number of carbonyl (C=O) groups excluding carboxylic acids is 2. The quantitative estimate of drug-likeness (QED) is 0.573. The van der Waals surface area contributed by atoms with E-state index in [9.17, 15) is 14.9 Å². The van der Waals surface area contributed by atoms with Crippen LogP contribution >= 0.6 is 0 Å². The van der Waals surface area contributed by atoms with Crippen LogP contribution in [0.15, 0.2) is 48.5 Å². The Labute approximate surface area is 165 Å². The molecule has 0 radical (unpaired) electrons. The summed E-state index contributed by atoms with van der Waals surface area (Å²) in [6.45, 7) is 1.41. The molecule has 2 aromatic rings. The van der Waals surface area contributed by atoms with Crippen molar-refractivity contribution in [2.24, 2.45) is 0 Å². The number of aryl methyl sites for hydroxylation is 1. The summed E-state index contributed by atoms with van der Waals surface area (Å²) in [5.74, 6) is -0.425. The van der Waals surface area contributed by atoms with Gasteiger partial charge in [-0.3, -0.25) is 19.4 Å². The second-order valence-corrected chi connectivity index (χ2v) is 7.40. The SMILES string of the molecule is N#CCN(CCCN1C(=O)c2ccccc2C1=O)C1CCCc2ccccc21. The highest BCUT2D eigenvalue weighted by molar-refractivity contribution is 6.21. The summed E-state index contributed by atoms with van der Waals surface area (Å²) in [4.78, 5) is 28.6. The Kier molecular flexibility index (Phi) is 5.23. The Balaban J connectivity index is 1.43. The molecule has 5 heteroatoms. The Hall–Kier alpha value is -2.97. The molecule has 2 aromatic carbocycles. The van der Waals surface area contributed by atoms with Crippen LogP contribution in [0.1, 0.15) is 57.1 Å². The van der Waals surface area contributed by atoms with Gasteiger partial charge in [0.25, 0.3) is 11.8 Å². The number of hydrogen-bond acceptors (Lipinski definition) is 4. The molecule has 1 aliphatic carbocycles. The van der Waals surface area contributed by atoms with Gasteiger partial charge < -0.3 is 0 Å². The van der Waals surface area contributed by atoms with Gasteiger partial charge in [0.2, 0.25) is 0 Å². The number of carbonyl (C=O) groups is 2. The number of imide groups is 1. The summed E-state index contributed by atoms with van der Waals surface area (Å²) in [7, 11) is 0. The minimum Gasteiger partial charge on any atom is -0.283 e. The van der Waals surface area contributed by atoms with Gasteiger partial charge in [0.05, 0.1) is 23.7 Å². The molecule has 1 heterocycles. The number of amides is 2. The van der Waals surface area contributed by atoms with Gasteiger partial charge in [0.1, 0.15) is 0 Å². The summed E-state index contributed by atoms with van der Waals surface area (Å²) in [5, 5.41) is 9.32. The van der Waals surface area contributed by atoms with Gasteiger partial charge in [0, 0.05) is 19.1 Å². The van der Waals surface area contributed by atoms with E-state index in [1.807, 2.05) is 0 Å². The van der Waals surface area contributed by atoms with Crippen molar-refractivity contribution < 1.29 is 9.59 Å². The lowest BCUT2D eigenvalue weighted by Crippen LogP contribution is -2.36. The molecular weight excluding hydrogens is 350 g/mol. The molecule has 0 saturated carbocycles. The third kappa shape index (κ3) is 3.32. The van der Waals surface area contributed by atoms with Crippen molar-refractivity contribution in [3.05, 3.63) is 70.8 Å². The Morgan fingerprint density at radius 3 is 2.43 bits per heavy atom. The predicted molar refractivity (Wildman–Crippen MR) is 106 cm³/mol. The number of nitriles is 1. The maximum absolute atomic E-state index is 12.5. The van der Waals surface area contributed by atoms with Gasteiger partial charge in [-0.25, -0.2) is 0 Å². The summed E-state index contributed by atoms with van der Waals surface area (Å²) in [6.07, 6.45) is 3.89. The number of rotatable bonds is 6. The van der Waals surface area contributed by atoms with Crippen molar-refractivity contribution in [3.63, 3.8) is 0 Å². The van der Waals surface area contributed by atoms with Gasteiger partial charge in [-0.2, -0.15) is 5.26 Å². The summed E-state index contributed by atoms with van der Waals surface area (Å²) in [5.41, 5.74) is 3.65. The van der Waals surface area contributed by atoms with Crippen molar-refractivity contribution in [1.82, 2.24) is 9.80 Å². The van der Waals surface area contributed by atoms with Crippen molar-refractivity contribution in [2.75, 3.05) is 19.6 Å². The van der Waals surface area contributed by atoms with Crippen molar-refractivity contribution in [1.29, 1.82) is 5.26 Å². The Morgan fingerprint density at radius 2 is 1.71 bits per heavy atom. The molecule has 2 amide bonds. The first kappa shape index (κ1) is 18.4. The smallest absolute Gasteiger partial charge is 0.261 e. The van der Waals surface area contributed by atoms with Gasteiger partial charge in [-0.15, -0.1) is 0 Å². The zero-order chi connectivity index (χ0) is 19.5. The predicted octanol–water partition coefficient (Wildman–Crippen LogP) is 3.58. The first-order valence-electron chi connectivity index (χ1n) is 9.84. The van der Waals surface area contributed by atoms with E-state index in [-0.39, 0.29) is 17.9 Å². The molecule has 0 saturated heterocycles. The van der Waals surface area contributed by atoms with Gasteiger partial charge in [-0.1, -0.05) is 36.4 Å². The molecule has 1 unspecified atom stereocenters. The maximum atomic E-state index is 12.5. The first-order chi connectivity index (χ1) is 13.7. The molecular formula is C23H23N3O2. The molecule has 1 atom stereocenters. The lowest BCUT2D eigenvalue weighted by molar-refractivity contribution is 0.0644. The van der Waals surface area contributed by atoms with E-state index < -0.39 is 0 Å². The number of fused-ring (bicyclic) bond motifs is 2. The van der Waals surface area contributed by atoms with Gasteiger partial charge in [0.15, 0.2) is 0 Å². The molecule has 0 N–H and O–H groups in total. The van der Waals surface area contributed by atoms with Crippen LogP contribution in [0.4, 0.5) is 0 Å². The van der Waals surface area contributed by atoms with Crippen LogP contribution in [0, 0.1) is 11.3 Å². The minimum absolute atomic E-state index is 0.213. The molecule has 0 spiro atoms. The molecule has 5 nitrogen and oxygen atoms in total. The van der Waals surface area contributed by atoms with E-state index in [1.165, 1.54) is 16.0 Å². The number of nitrogens with zero attached hydrogens (tertiary/aromatic N) is 3. The van der Waals surface area contributed by atoms with E-state index >= 15 is 0 Å². The third-order valence-electron chi connectivity index (χ3n) is 5.76. The average Bonchev–Trinajstić information content (AvgIpc) is 2.98. The molecule has 0 bridgehead atoms. The topological polar surface area (TPSA) is 64.4 Å². The standard InChI is InChI=1S/C23H23N3O2/c24-13-16-25(21-12-5-8-17-7-1-2-9-18(17)21)14-6-15-26-22(27)19-10-3-4-11-20(19)23(26)28/h1-4,7,9-11,21H,5-6,8,12,14-16H2. The fourth-order valence-electron chi connectivity index (χ4n) is 4.42. The van der Waals surface area contributed by atoms with Gasteiger partial charge in [-0.05, 0) is 48.9 Å². The van der Waals surface area contributed by atoms with Crippen LogP contribution in [0.2, 0.25) is 0 Å². The number of hydrogen-bond donors (Lipinski definition) is 0. The Bertz CT molecular complexity index is 912. The molecule has 0 aromatic heterocycles. The van der Waals surface area contributed by atoms with Crippen LogP contribution in [0.3, 0.4) is 0 Å². The van der Waals surface area contributed by atoms with Gasteiger partial charge >= 0.3 is 0 Å². The van der Waals surface area contributed by atoms with Crippen LogP contribution in [-0.2, 0) is 6.42 Å². The fraction of sp³-hybridized carbons (Fsp3) is 0.348. The average molecular weight is 373 g/mol. The van der Waals surface area contributed by atoms with Crippen molar-refractivity contribution in [3.8, 4) is 6.07 Å². The van der Waals surface area contributed by atoms with Crippen molar-refractivity contribution >= 4 is 11.8 Å². The van der Waals surface area contributed by atoms with E-state index in [1.54, 1.807) is 24.3 Å². The van der Waals surface area contributed by atoms with E-state index in [4.69, 9.17) is 0 Å². The fourth-order valence-corrected chi connectivity index (χ4v) is 4.42. The molecule has 28 heavy (non-hydrogen) atoms. The van der Waals surface area contributed by atoms with E-state index in [0.717, 1.165) is 19.3 Å². The van der Waals surface area contributed by atoms with Crippen LogP contribution in [0.5, 0.6) is 0 Å². The maximum Gasteiger partial charge on any atom is 0.261 e. The van der Waals surface area contributed by atoms with Crippen LogP contribution in [-0.4, -0.2) is 41.2 Å². The second kappa shape index (κ2) is 7.95. The number of benzene rings is 2. The lowest BCUT2D eigenvalue weighted by atomic mass is 9.86. The molecule has 1 aliphatic heterocycles. The summed E-state index contributed by atoms with van der Waals surface area (Å²) in [6, 6.07) is 17.9. The Morgan fingerprint density at radius 1 is 1.04 bits per heavy atom. The first-order valence-corrected chi connectivity index (χ1v) is 9.84. The van der Waals surface area contributed by atoms with E-state index in [0.29, 0.717) is 37.2 Å².